The summed E-state index contributed by atoms with van der Waals surface area (Å²) in [5, 5.41) is 6.54. The molecule has 1 aromatic heterocycles. The van der Waals surface area contributed by atoms with Crippen molar-refractivity contribution in [3.63, 3.8) is 0 Å². The summed E-state index contributed by atoms with van der Waals surface area (Å²) in [5.41, 5.74) is 0.151. The lowest BCUT2D eigenvalue weighted by molar-refractivity contribution is 0.109. The van der Waals surface area contributed by atoms with Crippen LogP contribution in [-0.4, -0.2) is 34.2 Å². The fraction of sp³-hybridized carbons (Fsp3) is 0.438. The number of para-hydroxylation sites is 1. The van der Waals surface area contributed by atoms with Crippen molar-refractivity contribution in [3.05, 3.63) is 41.8 Å². The Kier molecular flexibility index (Phi) is 5.05. The summed E-state index contributed by atoms with van der Waals surface area (Å²) in [6, 6.07) is 5.40. The van der Waals surface area contributed by atoms with Gasteiger partial charge in [0.05, 0.1) is 11.7 Å². The van der Waals surface area contributed by atoms with Crippen molar-refractivity contribution >= 4 is 11.7 Å². The molecule has 0 spiro atoms. The fourth-order valence-corrected chi connectivity index (χ4v) is 2.68. The van der Waals surface area contributed by atoms with Gasteiger partial charge < -0.3 is 19.5 Å². The van der Waals surface area contributed by atoms with Crippen LogP contribution in [-0.2, 0) is 11.3 Å². The largest absolute Gasteiger partial charge is 0.372 e. The molecule has 0 radical (unpaired) electrons. The van der Waals surface area contributed by atoms with Crippen molar-refractivity contribution in [3.8, 4) is 0 Å². The molecule has 0 bridgehead atoms. The van der Waals surface area contributed by atoms with Gasteiger partial charge in [0.15, 0.2) is 5.82 Å². The highest BCUT2D eigenvalue weighted by Gasteiger charge is 2.33. The normalized spacial score (nSPS) is 17.2. The number of urea groups is 1. The summed E-state index contributed by atoms with van der Waals surface area (Å²) >= 11 is 0. The maximum Gasteiger partial charge on any atom is 0.322 e. The molecule has 1 N–H and O–H groups in total. The van der Waals surface area contributed by atoms with Crippen molar-refractivity contribution in [2.75, 3.05) is 18.5 Å². The van der Waals surface area contributed by atoms with E-state index in [1.165, 1.54) is 12.1 Å². The van der Waals surface area contributed by atoms with Crippen LogP contribution < -0.4 is 5.32 Å². The number of anilines is 1. The first-order chi connectivity index (χ1) is 11.7. The first-order valence-electron chi connectivity index (χ1n) is 7.91. The Bertz CT molecular complexity index is 706. The van der Waals surface area contributed by atoms with Gasteiger partial charge in [0, 0.05) is 13.2 Å². The van der Waals surface area contributed by atoms with E-state index in [0.29, 0.717) is 24.9 Å². The molecule has 1 fully saturated rings. The molecule has 1 aliphatic heterocycles. The van der Waals surface area contributed by atoms with Crippen molar-refractivity contribution in [1.82, 2.24) is 15.0 Å². The van der Waals surface area contributed by atoms with Gasteiger partial charge in [-0.1, -0.05) is 17.3 Å². The van der Waals surface area contributed by atoms with Crippen LogP contribution in [0.15, 0.2) is 28.8 Å². The van der Waals surface area contributed by atoms with Gasteiger partial charge in [-0.2, -0.15) is 4.98 Å². The minimum atomic E-state index is -0.472. The van der Waals surface area contributed by atoms with Crippen LogP contribution in [0, 0.1) is 5.82 Å². The van der Waals surface area contributed by atoms with Gasteiger partial charge in [-0.15, -0.1) is 0 Å². The summed E-state index contributed by atoms with van der Waals surface area (Å²) in [6.45, 7) is 3.24. The third-order valence-electron chi connectivity index (χ3n) is 3.84. The van der Waals surface area contributed by atoms with Crippen molar-refractivity contribution in [1.29, 1.82) is 0 Å². The van der Waals surface area contributed by atoms with Crippen molar-refractivity contribution in [2.45, 2.75) is 32.4 Å². The zero-order valence-corrected chi connectivity index (χ0v) is 13.4. The predicted octanol–water partition coefficient (Wildman–Crippen LogP) is 3.11. The van der Waals surface area contributed by atoms with Crippen LogP contribution in [0.5, 0.6) is 0 Å². The molecule has 2 amide bonds. The third kappa shape index (κ3) is 3.53. The van der Waals surface area contributed by atoms with Crippen molar-refractivity contribution < 1.29 is 18.4 Å². The second-order valence-electron chi connectivity index (χ2n) is 5.44. The van der Waals surface area contributed by atoms with Gasteiger partial charge >= 0.3 is 6.03 Å². The molecular formula is C16H19FN4O3. The number of nitrogens with one attached hydrogen (secondary N) is 1. The quantitative estimate of drug-likeness (QED) is 0.909. The third-order valence-corrected chi connectivity index (χ3v) is 3.84. The van der Waals surface area contributed by atoms with E-state index >= 15 is 0 Å². The van der Waals surface area contributed by atoms with E-state index in [-0.39, 0.29) is 24.4 Å². The van der Waals surface area contributed by atoms with Gasteiger partial charge in [0.25, 0.3) is 5.89 Å². The lowest BCUT2D eigenvalue weighted by Gasteiger charge is -2.22. The maximum atomic E-state index is 13.7. The Morgan fingerprint density at radius 3 is 3.12 bits per heavy atom. The maximum absolute atomic E-state index is 13.7. The molecule has 1 aromatic carbocycles. The Labute approximate surface area is 138 Å². The fourth-order valence-electron chi connectivity index (χ4n) is 2.68. The summed E-state index contributed by atoms with van der Waals surface area (Å²) in [6.07, 6.45) is 1.56. The summed E-state index contributed by atoms with van der Waals surface area (Å²) in [5.74, 6) is 0.360. The van der Waals surface area contributed by atoms with Gasteiger partial charge in [-0.3, -0.25) is 0 Å². The number of amides is 2. The Hall–Kier alpha value is -2.48. The first kappa shape index (κ1) is 16.4. The zero-order chi connectivity index (χ0) is 16.9. The standard InChI is InChI=1S/C16H19FN4O3/c1-2-23-10-14-19-15(20-24-14)13-8-5-9-21(13)16(22)18-12-7-4-3-6-11(12)17/h3-4,6-7,13H,2,5,8-10H2,1H3,(H,18,22). The number of ether oxygens (including phenoxy) is 1. The van der Waals surface area contributed by atoms with E-state index in [4.69, 9.17) is 9.26 Å². The van der Waals surface area contributed by atoms with Crippen LogP contribution in [0.25, 0.3) is 0 Å². The topological polar surface area (TPSA) is 80.5 Å². The number of hydrogen-bond donors (Lipinski definition) is 1. The van der Waals surface area contributed by atoms with E-state index in [0.717, 1.165) is 12.8 Å². The van der Waals surface area contributed by atoms with E-state index in [1.807, 2.05) is 6.92 Å². The summed E-state index contributed by atoms with van der Waals surface area (Å²) in [7, 11) is 0. The second kappa shape index (κ2) is 7.39. The molecule has 128 valence electrons. The van der Waals surface area contributed by atoms with Crippen LogP contribution in [0.2, 0.25) is 0 Å². The summed E-state index contributed by atoms with van der Waals surface area (Å²) < 4.78 is 24.1. The highest BCUT2D eigenvalue weighted by Crippen LogP contribution is 2.31. The Morgan fingerprint density at radius 2 is 2.33 bits per heavy atom. The first-order valence-corrected chi connectivity index (χ1v) is 7.91. The van der Waals surface area contributed by atoms with E-state index in [1.54, 1.807) is 17.0 Å². The lowest BCUT2D eigenvalue weighted by Crippen LogP contribution is -2.35. The number of rotatable bonds is 5. The smallest absolute Gasteiger partial charge is 0.322 e. The molecule has 0 saturated carbocycles. The number of likely N-dealkylation sites (tertiary alicyclic amines) is 1. The molecule has 24 heavy (non-hydrogen) atoms. The molecule has 8 heteroatoms. The number of carbonyl (C=O) groups is 1. The van der Waals surface area contributed by atoms with Gasteiger partial charge in [0.2, 0.25) is 0 Å². The van der Waals surface area contributed by atoms with E-state index in [9.17, 15) is 9.18 Å². The number of hydrogen-bond acceptors (Lipinski definition) is 5. The Morgan fingerprint density at radius 1 is 1.50 bits per heavy atom. The monoisotopic (exact) mass is 334 g/mol. The number of carbonyl (C=O) groups excluding carboxylic acids is 1. The average molecular weight is 334 g/mol. The number of halogens is 1. The molecule has 0 aliphatic carbocycles. The molecule has 2 heterocycles. The Balaban J connectivity index is 1.69. The second-order valence-corrected chi connectivity index (χ2v) is 5.44. The zero-order valence-electron chi connectivity index (χ0n) is 13.4. The van der Waals surface area contributed by atoms with Gasteiger partial charge in [-0.25, -0.2) is 9.18 Å². The SMILES string of the molecule is CCOCc1nc(C2CCCN2C(=O)Nc2ccccc2F)no1. The van der Waals surface area contributed by atoms with Gasteiger partial charge in [-0.05, 0) is 31.9 Å². The molecule has 1 saturated heterocycles. The number of aromatic nitrogens is 2. The number of nitrogens with zero attached hydrogens (tertiary/aromatic N) is 3. The van der Waals surface area contributed by atoms with Crippen LogP contribution >= 0.6 is 0 Å². The van der Waals surface area contributed by atoms with Crippen LogP contribution in [0.4, 0.5) is 14.9 Å². The highest BCUT2D eigenvalue weighted by molar-refractivity contribution is 5.89. The molecular weight excluding hydrogens is 315 g/mol. The molecule has 7 nitrogen and oxygen atoms in total. The van der Waals surface area contributed by atoms with Crippen molar-refractivity contribution in [2.24, 2.45) is 0 Å². The minimum absolute atomic E-state index is 0.151. The van der Waals surface area contributed by atoms with E-state index < -0.39 is 5.82 Å². The van der Waals surface area contributed by atoms with Crippen LogP contribution in [0.1, 0.15) is 37.5 Å². The van der Waals surface area contributed by atoms with E-state index in [2.05, 4.69) is 15.5 Å². The predicted molar refractivity (Wildman–Crippen MR) is 83.7 cm³/mol. The highest BCUT2D eigenvalue weighted by atomic mass is 19.1. The number of benzene rings is 1. The minimum Gasteiger partial charge on any atom is -0.372 e. The molecule has 1 unspecified atom stereocenters. The average Bonchev–Trinajstić information content (AvgIpc) is 3.23. The summed E-state index contributed by atoms with van der Waals surface area (Å²) in [4.78, 5) is 18.4. The van der Waals surface area contributed by atoms with Gasteiger partial charge in [0.1, 0.15) is 12.4 Å². The van der Waals surface area contributed by atoms with Crippen LogP contribution in [0.3, 0.4) is 0 Å². The molecule has 1 atom stereocenters. The molecule has 2 aromatic rings. The lowest BCUT2D eigenvalue weighted by atomic mass is 10.2. The molecule has 3 rings (SSSR count). The molecule has 1 aliphatic rings.